The van der Waals surface area contributed by atoms with Gasteiger partial charge in [0.15, 0.2) is 0 Å². The molecule has 5 nitrogen and oxygen atoms in total. The second-order valence-corrected chi connectivity index (χ2v) is 6.06. The van der Waals surface area contributed by atoms with Gasteiger partial charge in [-0.3, -0.25) is 0 Å². The first kappa shape index (κ1) is 14.6. The molecular formula is C15H18ClNO4. The van der Waals surface area contributed by atoms with Crippen molar-refractivity contribution in [3.63, 3.8) is 0 Å². The summed E-state index contributed by atoms with van der Waals surface area (Å²) in [6, 6.07) is 4.73. The van der Waals surface area contributed by atoms with Crippen molar-refractivity contribution in [2.45, 2.75) is 31.0 Å². The van der Waals surface area contributed by atoms with Gasteiger partial charge >= 0.3 is 5.97 Å². The van der Waals surface area contributed by atoms with Crippen LogP contribution in [0.15, 0.2) is 18.2 Å². The highest BCUT2D eigenvalue weighted by molar-refractivity contribution is 6.31. The Morgan fingerprint density at radius 3 is 2.95 bits per heavy atom. The van der Waals surface area contributed by atoms with Gasteiger partial charge < -0.3 is 19.9 Å². The average Bonchev–Trinajstić information content (AvgIpc) is 2.85. The van der Waals surface area contributed by atoms with Gasteiger partial charge in [-0.05, 0) is 18.2 Å². The number of nitrogens with two attached hydrogens (primary N) is 1. The molecule has 0 aromatic heterocycles. The molecule has 1 aromatic rings. The van der Waals surface area contributed by atoms with E-state index < -0.39 is 5.97 Å². The van der Waals surface area contributed by atoms with Crippen molar-refractivity contribution < 1.29 is 19.0 Å². The Morgan fingerprint density at radius 1 is 1.38 bits per heavy atom. The second-order valence-electron chi connectivity index (χ2n) is 5.63. The number of hydrogen-bond acceptors (Lipinski definition) is 5. The monoisotopic (exact) mass is 311 g/mol. The normalized spacial score (nSPS) is 28.7. The molecule has 2 aliphatic heterocycles. The van der Waals surface area contributed by atoms with Crippen molar-refractivity contribution in [3.8, 4) is 0 Å². The standard InChI is InChI=1S/C15H18ClNO4/c16-11-5-10(6-12(17)7-11)14(18)21-13-1-3-20-15(8-13)2-4-19-9-15/h5-7,13H,1-4,8-9,17H2. The van der Waals surface area contributed by atoms with E-state index in [2.05, 4.69) is 0 Å². The van der Waals surface area contributed by atoms with E-state index >= 15 is 0 Å². The first-order valence-electron chi connectivity index (χ1n) is 7.05. The molecule has 21 heavy (non-hydrogen) atoms. The van der Waals surface area contributed by atoms with Crippen molar-refractivity contribution in [2.75, 3.05) is 25.6 Å². The average molecular weight is 312 g/mol. The summed E-state index contributed by atoms with van der Waals surface area (Å²) in [5.41, 5.74) is 6.24. The van der Waals surface area contributed by atoms with Crippen LogP contribution in [0.1, 0.15) is 29.6 Å². The Morgan fingerprint density at radius 2 is 2.24 bits per heavy atom. The van der Waals surface area contributed by atoms with Gasteiger partial charge in [0.25, 0.3) is 0 Å². The van der Waals surface area contributed by atoms with Gasteiger partial charge in [-0.1, -0.05) is 11.6 Å². The summed E-state index contributed by atoms with van der Waals surface area (Å²) >= 11 is 5.91. The van der Waals surface area contributed by atoms with Crippen LogP contribution in [0.2, 0.25) is 5.02 Å². The molecule has 114 valence electrons. The highest BCUT2D eigenvalue weighted by Gasteiger charge is 2.42. The van der Waals surface area contributed by atoms with Gasteiger partial charge in [0.2, 0.25) is 0 Å². The van der Waals surface area contributed by atoms with Gasteiger partial charge in [0.1, 0.15) is 6.10 Å². The van der Waals surface area contributed by atoms with E-state index in [0.717, 1.165) is 6.42 Å². The summed E-state index contributed by atoms with van der Waals surface area (Å²) in [7, 11) is 0. The molecule has 2 aliphatic rings. The summed E-state index contributed by atoms with van der Waals surface area (Å²) in [6.07, 6.45) is 2.07. The Balaban J connectivity index is 1.66. The van der Waals surface area contributed by atoms with Gasteiger partial charge in [-0.25, -0.2) is 4.79 Å². The van der Waals surface area contributed by atoms with Crippen molar-refractivity contribution in [3.05, 3.63) is 28.8 Å². The first-order chi connectivity index (χ1) is 10.1. The molecule has 1 aromatic carbocycles. The van der Waals surface area contributed by atoms with E-state index in [1.54, 1.807) is 18.2 Å². The van der Waals surface area contributed by atoms with Crippen LogP contribution >= 0.6 is 11.6 Å². The van der Waals surface area contributed by atoms with E-state index in [0.29, 0.717) is 48.9 Å². The first-order valence-corrected chi connectivity index (χ1v) is 7.43. The Kier molecular flexibility index (Phi) is 4.06. The lowest BCUT2D eigenvalue weighted by atomic mass is 9.91. The molecule has 0 aliphatic carbocycles. The molecule has 3 rings (SSSR count). The zero-order valence-electron chi connectivity index (χ0n) is 11.6. The third-order valence-corrected chi connectivity index (χ3v) is 4.16. The van der Waals surface area contributed by atoms with E-state index in [4.69, 9.17) is 31.5 Å². The third kappa shape index (κ3) is 3.31. The minimum absolute atomic E-state index is 0.159. The number of nitrogen functional groups attached to an aromatic ring is 1. The molecule has 0 saturated carbocycles. The highest BCUT2D eigenvalue weighted by atomic mass is 35.5. The number of rotatable bonds is 2. The number of benzene rings is 1. The van der Waals surface area contributed by atoms with Crippen LogP contribution in [0.3, 0.4) is 0 Å². The lowest BCUT2D eigenvalue weighted by Crippen LogP contribution is -2.43. The molecule has 2 fully saturated rings. The topological polar surface area (TPSA) is 70.8 Å². The predicted octanol–water partition coefficient (Wildman–Crippen LogP) is 2.42. The zero-order chi connectivity index (χ0) is 14.9. The maximum atomic E-state index is 12.2. The zero-order valence-corrected chi connectivity index (χ0v) is 12.4. The largest absolute Gasteiger partial charge is 0.459 e. The summed E-state index contributed by atoms with van der Waals surface area (Å²) in [5.74, 6) is -0.398. The molecule has 2 unspecified atom stereocenters. The number of esters is 1. The maximum Gasteiger partial charge on any atom is 0.338 e. The summed E-state index contributed by atoms with van der Waals surface area (Å²) in [4.78, 5) is 12.2. The fourth-order valence-corrected chi connectivity index (χ4v) is 3.14. The van der Waals surface area contributed by atoms with E-state index in [1.807, 2.05) is 0 Å². The number of carbonyl (C=O) groups is 1. The van der Waals surface area contributed by atoms with E-state index in [-0.39, 0.29) is 11.7 Å². The summed E-state index contributed by atoms with van der Waals surface area (Å²) in [5, 5.41) is 0.426. The summed E-state index contributed by atoms with van der Waals surface area (Å²) in [6.45, 7) is 1.86. The quantitative estimate of drug-likeness (QED) is 0.671. The fourth-order valence-electron chi connectivity index (χ4n) is 2.90. The number of anilines is 1. The van der Waals surface area contributed by atoms with Gasteiger partial charge in [-0.15, -0.1) is 0 Å². The van der Waals surface area contributed by atoms with Crippen LogP contribution < -0.4 is 5.73 Å². The molecular weight excluding hydrogens is 294 g/mol. The van der Waals surface area contributed by atoms with Crippen LogP contribution in [0.5, 0.6) is 0 Å². The molecule has 0 amide bonds. The third-order valence-electron chi connectivity index (χ3n) is 3.94. The van der Waals surface area contributed by atoms with E-state index in [9.17, 15) is 4.79 Å². The maximum absolute atomic E-state index is 12.2. The minimum atomic E-state index is -0.398. The molecule has 0 bridgehead atoms. The number of halogens is 1. The molecule has 2 heterocycles. The number of ether oxygens (including phenoxy) is 3. The number of carbonyl (C=O) groups excluding carboxylic acids is 1. The van der Waals surface area contributed by atoms with Crippen LogP contribution in [0.4, 0.5) is 5.69 Å². The minimum Gasteiger partial charge on any atom is -0.459 e. The van der Waals surface area contributed by atoms with Crippen LogP contribution in [-0.4, -0.2) is 37.5 Å². The van der Waals surface area contributed by atoms with Gasteiger partial charge in [0.05, 0.1) is 24.4 Å². The fraction of sp³-hybridized carbons (Fsp3) is 0.533. The molecule has 1 spiro atoms. The Labute approximate surface area is 128 Å². The molecule has 2 saturated heterocycles. The molecule has 2 N–H and O–H groups in total. The van der Waals surface area contributed by atoms with Gasteiger partial charge in [0, 0.05) is 36.6 Å². The van der Waals surface area contributed by atoms with Crippen molar-refractivity contribution >= 4 is 23.3 Å². The highest BCUT2D eigenvalue weighted by Crippen LogP contribution is 2.34. The Hall–Kier alpha value is -1.30. The van der Waals surface area contributed by atoms with Crippen LogP contribution in [-0.2, 0) is 14.2 Å². The SMILES string of the molecule is Nc1cc(Cl)cc(C(=O)OC2CCOC3(CCOC3)C2)c1. The Bertz CT molecular complexity index is 522. The molecule has 6 heteroatoms. The predicted molar refractivity (Wildman–Crippen MR) is 78.4 cm³/mol. The van der Waals surface area contributed by atoms with E-state index in [1.165, 1.54) is 0 Å². The summed E-state index contributed by atoms with van der Waals surface area (Å²) < 4.78 is 16.8. The van der Waals surface area contributed by atoms with Crippen molar-refractivity contribution in [1.29, 1.82) is 0 Å². The van der Waals surface area contributed by atoms with Crippen LogP contribution in [0.25, 0.3) is 0 Å². The second kappa shape index (κ2) is 5.83. The van der Waals surface area contributed by atoms with Crippen LogP contribution in [0, 0.1) is 0 Å². The number of hydrogen-bond donors (Lipinski definition) is 1. The molecule has 0 radical (unpaired) electrons. The van der Waals surface area contributed by atoms with Gasteiger partial charge in [-0.2, -0.15) is 0 Å². The lowest BCUT2D eigenvalue weighted by Gasteiger charge is -2.36. The van der Waals surface area contributed by atoms with Crippen molar-refractivity contribution in [2.24, 2.45) is 0 Å². The molecule has 2 atom stereocenters. The smallest absolute Gasteiger partial charge is 0.338 e. The van der Waals surface area contributed by atoms with Crippen molar-refractivity contribution in [1.82, 2.24) is 0 Å². The lowest BCUT2D eigenvalue weighted by molar-refractivity contribution is -0.120.